The van der Waals surface area contributed by atoms with Crippen molar-refractivity contribution in [2.45, 2.75) is 44.0 Å². The predicted molar refractivity (Wildman–Crippen MR) is 104 cm³/mol. The summed E-state index contributed by atoms with van der Waals surface area (Å²) < 4.78 is 94.5. The molecule has 0 aromatic heterocycles. The largest absolute Gasteiger partial charge is 0.498 e. The average Bonchev–Trinajstić information content (AvgIpc) is 2.71. The van der Waals surface area contributed by atoms with Gasteiger partial charge in [0.05, 0.1) is 26.4 Å². The molecule has 3 saturated heterocycles. The maximum absolute atomic E-state index is 11.5. The summed E-state index contributed by atoms with van der Waals surface area (Å²) in [4.78, 5) is 0. The zero-order valence-electron chi connectivity index (χ0n) is 16.9. The molecule has 14 heteroatoms. The Morgan fingerprint density at radius 1 is 0.600 bits per heavy atom. The van der Waals surface area contributed by atoms with Crippen molar-refractivity contribution in [3.05, 3.63) is 0 Å². The first-order chi connectivity index (χ1) is 14.0. The van der Waals surface area contributed by atoms with Crippen LogP contribution in [0.25, 0.3) is 0 Å². The molecule has 0 aliphatic carbocycles. The molecule has 0 aromatic carbocycles. The van der Waals surface area contributed by atoms with Gasteiger partial charge in [-0.3, -0.25) is 0 Å². The van der Waals surface area contributed by atoms with Gasteiger partial charge in [-0.2, -0.15) is 13.2 Å². The molecule has 0 aromatic rings. The quantitative estimate of drug-likeness (QED) is 0.621. The van der Waals surface area contributed by atoms with Crippen LogP contribution in [0.15, 0.2) is 0 Å². The zero-order valence-corrected chi connectivity index (χ0v) is 18.5. The van der Waals surface area contributed by atoms with Crippen LogP contribution in [0.5, 0.6) is 0 Å². The highest BCUT2D eigenvalue weighted by Gasteiger charge is 2.47. The Morgan fingerprint density at radius 3 is 1.00 bits per heavy atom. The van der Waals surface area contributed by atoms with Gasteiger partial charge in [0, 0.05) is 26.4 Å². The van der Waals surface area contributed by atoms with E-state index in [1.54, 1.807) is 0 Å². The van der Waals surface area contributed by atoms with Gasteiger partial charge in [-0.05, 0) is 38.5 Å². The van der Waals surface area contributed by atoms with Crippen LogP contribution in [0.3, 0.4) is 0 Å². The number of primary sulfonamides is 1. The molecular formula is C16H32F3NO8S2. The fraction of sp³-hybridized carbons (Fsp3) is 1.00. The lowest BCUT2D eigenvalue weighted by Crippen LogP contribution is -2.32. The van der Waals surface area contributed by atoms with Crippen LogP contribution < -0.4 is 5.14 Å². The third-order valence-electron chi connectivity index (χ3n) is 3.57. The molecule has 0 unspecified atom stereocenters. The van der Waals surface area contributed by atoms with Crippen molar-refractivity contribution in [1.29, 1.82) is 0 Å². The first-order valence-electron chi connectivity index (χ1n) is 9.56. The van der Waals surface area contributed by atoms with Gasteiger partial charge in [0.2, 0.25) is 10.0 Å². The van der Waals surface area contributed by atoms with Gasteiger partial charge in [-0.25, -0.2) is 22.0 Å². The standard InChI is InChI=1S/2C5H10O.C4H8O2.C2H4F3NO4S2/c2*1-2-4-6-5-3-1;1-2-6-4-3-5-1;3-2(4,5)11(7,8)1-12(6,9)10/h2*1-5H2;1-4H2;1H2,(H2,6,9,10). The number of hydrogen-bond donors (Lipinski definition) is 1. The lowest BCUT2D eigenvalue weighted by molar-refractivity contribution is -0.0431. The summed E-state index contributed by atoms with van der Waals surface area (Å²) in [5, 5.41) is 1.99. The van der Waals surface area contributed by atoms with E-state index in [1.165, 1.54) is 38.5 Å². The molecule has 0 atom stereocenters. The molecule has 0 saturated carbocycles. The van der Waals surface area contributed by atoms with Crippen molar-refractivity contribution in [3.8, 4) is 0 Å². The van der Waals surface area contributed by atoms with Crippen molar-refractivity contribution in [3.63, 3.8) is 0 Å². The lowest BCUT2D eigenvalue weighted by atomic mass is 10.2. The van der Waals surface area contributed by atoms with Gasteiger partial charge in [-0.15, -0.1) is 0 Å². The van der Waals surface area contributed by atoms with Crippen LogP contribution in [0.4, 0.5) is 13.2 Å². The summed E-state index contributed by atoms with van der Waals surface area (Å²) in [6.07, 6.45) is 7.86. The van der Waals surface area contributed by atoms with E-state index in [4.69, 9.17) is 18.9 Å². The third-order valence-corrected chi connectivity index (χ3v) is 6.83. The second-order valence-corrected chi connectivity index (χ2v) is 10.4. The van der Waals surface area contributed by atoms with E-state index in [0.717, 1.165) is 52.9 Å². The molecule has 0 radical (unpaired) electrons. The van der Waals surface area contributed by atoms with E-state index < -0.39 is 30.5 Å². The topological polar surface area (TPSA) is 131 Å². The summed E-state index contributed by atoms with van der Waals surface area (Å²) >= 11 is 0. The van der Waals surface area contributed by atoms with Gasteiger partial charge in [-0.1, -0.05) is 0 Å². The van der Waals surface area contributed by atoms with Crippen LogP contribution in [0.2, 0.25) is 0 Å². The average molecular weight is 488 g/mol. The van der Waals surface area contributed by atoms with Crippen LogP contribution in [-0.4, -0.2) is 80.3 Å². The Hall–Kier alpha value is -0.510. The maximum Gasteiger partial charge on any atom is 0.498 e. The molecule has 9 nitrogen and oxygen atoms in total. The van der Waals surface area contributed by atoms with Gasteiger partial charge >= 0.3 is 5.51 Å². The first-order valence-corrected chi connectivity index (χ1v) is 12.9. The van der Waals surface area contributed by atoms with Gasteiger partial charge in [0.1, 0.15) is 0 Å². The molecule has 2 N–H and O–H groups in total. The number of hydrogen-bond acceptors (Lipinski definition) is 8. The van der Waals surface area contributed by atoms with Crippen LogP contribution in [-0.2, 0) is 38.8 Å². The monoisotopic (exact) mass is 487 g/mol. The molecule has 0 amide bonds. The highest BCUT2D eigenvalue weighted by molar-refractivity contribution is 8.07. The molecule has 3 fully saturated rings. The minimum absolute atomic E-state index is 0.778. The molecule has 182 valence electrons. The van der Waals surface area contributed by atoms with E-state index in [9.17, 15) is 30.0 Å². The Bertz CT molecular complexity index is 552. The summed E-state index contributed by atoms with van der Waals surface area (Å²) in [6, 6.07) is 0. The van der Waals surface area contributed by atoms with Crippen molar-refractivity contribution in [2.24, 2.45) is 5.14 Å². The van der Waals surface area contributed by atoms with Crippen molar-refractivity contribution in [1.82, 2.24) is 0 Å². The molecule has 3 rings (SSSR count). The molecule has 3 aliphatic rings. The van der Waals surface area contributed by atoms with Crippen molar-refractivity contribution in [2.75, 3.05) is 57.9 Å². The molecule has 0 spiro atoms. The smallest absolute Gasteiger partial charge is 0.381 e. The number of ether oxygens (including phenoxy) is 4. The van der Waals surface area contributed by atoms with E-state index >= 15 is 0 Å². The second kappa shape index (κ2) is 16.2. The molecule has 3 aliphatic heterocycles. The summed E-state index contributed by atoms with van der Waals surface area (Å²) in [7, 11) is -10.3. The zero-order chi connectivity index (χ0) is 22.9. The van der Waals surface area contributed by atoms with E-state index in [1.807, 2.05) is 0 Å². The van der Waals surface area contributed by atoms with Crippen molar-refractivity contribution < 1.29 is 49.0 Å². The van der Waals surface area contributed by atoms with Gasteiger partial charge < -0.3 is 18.9 Å². The number of halogens is 3. The second-order valence-electron chi connectivity index (χ2n) is 6.41. The Morgan fingerprint density at radius 2 is 0.900 bits per heavy atom. The first kappa shape index (κ1) is 29.5. The van der Waals surface area contributed by atoms with E-state index in [0.29, 0.717) is 0 Å². The Labute approximate surface area is 176 Å². The molecule has 30 heavy (non-hydrogen) atoms. The fourth-order valence-corrected chi connectivity index (χ4v) is 4.36. The SMILES string of the molecule is C1CCOCC1.C1CCOCC1.C1COCCO1.NS(=O)(=O)CS(=O)(=O)C(F)(F)F. The highest BCUT2D eigenvalue weighted by Crippen LogP contribution is 2.24. The van der Waals surface area contributed by atoms with Gasteiger partial charge in [0.15, 0.2) is 5.08 Å². The van der Waals surface area contributed by atoms with Crippen LogP contribution >= 0.6 is 0 Å². The molecule has 3 heterocycles. The normalized spacial score (nSPS) is 20.3. The number of nitrogens with two attached hydrogens (primary N) is 1. The number of sulfonamides is 1. The Kier molecular flexibility index (Phi) is 15.9. The highest BCUT2D eigenvalue weighted by atomic mass is 32.3. The van der Waals surface area contributed by atoms with Crippen LogP contribution in [0, 0.1) is 0 Å². The third kappa shape index (κ3) is 18.3. The number of alkyl halides is 3. The number of sulfone groups is 1. The minimum Gasteiger partial charge on any atom is -0.381 e. The predicted octanol–water partition coefficient (Wildman–Crippen LogP) is 1.57. The van der Waals surface area contributed by atoms with Crippen molar-refractivity contribution >= 4 is 19.9 Å². The fourth-order valence-electron chi connectivity index (χ4n) is 2.10. The van der Waals surface area contributed by atoms with Crippen LogP contribution in [0.1, 0.15) is 38.5 Å². The number of rotatable bonds is 2. The Balaban J connectivity index is 0.000000395. The lowest BCUT2D eigenvalue weighted by Gasteiger charge is -2.09. The molecular weight excluding hydrogens is 455 g/mol. The van der Waals surface area contributed by atoms with E-state index in [2.05, 4.69) is 5.14 Å². The van der Waals surface area contributed by atoms with E-state index in [-0.39, 0.29) is 0 Å². The summed E-state index contributed by atoms with van der Waals surface area (Å²) in [6.45, 7) is 7.11. The summed E-state index contributed by atoms with van der Waals surface area (Å²) in [5.41, 5.74) is -5.58. The maximum atomic E-state index is 11.5. The molecule has 0 bridgehead atoms. The van der Waals surface area contributed by atoms with Gasteiger partial charge in [0.25, 0.3) is 9.84 Å². The minimum atomic E-state index is -5.67. The summed E-state index contributed by atoms with van der Waals surface area (Å²) in [5.74, 6) is 0.